The third kappa shape index (κ3) is 1.74. The van der Waals surface area contributed by atoms with Crippen LogP contribution in [0.25, 0.3) is 0 Å². The van der Waals surface area contributed by atoms with Crippen LogP contribution in [-0.2, 0) is 0 Å². The average Bonchev–Trinajstić information content (AvgIpc) is 1.96. The van der Waals surface area contributed by atoms with E-state index in [0.717, 1.165) is 11.1 Å². The van der Waals surface area contributed by atoms with Crippen LogP contribution < -0.4 is 0 Å². The van der Waals surface area contributed by atoms with Crippen molar-refractivity contribution in [2.45, 2.75) is 0 Å². The molecular weight excluding hydrogens is 249 g/mol. The van der Waals surface area contributed by atoms with E-state index in [4.69, 9.17) is 0 Å². The van der Waals surface area contributed by atoms with Crippen molar-refractivity contribution in [3.63, 3.8) is 0 Å². The fourth-order valence-corrected chi connectivity index (χ4v) is 1.66. The van der Waals surface area contributed by atoms with Crippen LogP contribution in [0.2, 0.25) is 0 Å². The lowest BCUT2D eigenvalue weighted by Gasteiger charge is -2.18. The van der Waals surface area contributed by atoms with E-state index in [9.17, 15) is 0 Å². The predicted octanol–water partition coefficient (Wildman–Crippen LogP) is 2.83. The van der Waals surface area contributed by atoms with Gasteiger partial charge in [-0.2, -0.15) is 0 Å². The van der Waals surface area contributed by atoms with Crippen molar-refractivity contribution in [1.29, 1.82) is 0 Å². The van der Waals surface area contributed by atoms with Gasteiger partial charge in [-0.05, 0) is 33.7 Å². The number of halogens is 1. The van der Waals surface area contributed by atoms with Crippen molar-refractivity contribution >= 4 is 22.6 Å². The van der Waals surface area contributed by atoms with E-state index in [-0.39, 0.29) is 0 Å². The lowest BCUT2D eigenvalue weighted by atomic mass is 10.1. The first-order valence-corrected chi connectivity index (χ1v) is 4.36. The van der Waals surface area contributed by atoms with Crippen molar-refractivity contribution in [1.82, 2.24) is 4.90 Å². The second-order valence-corrected chi connectivity index (χ2v) is 3.57. The van der Waals surface area contributed by atoms with E-state index in [0.29, 0.717) is 0 Å². The van der Waals surface area contributed by atoms with Gasteiger partial charge < -0.3 is 4.90 Å². The van der Waals surface area contributed by atoms with Gasteiger partial charge in [0.2, 0.25) is 0 Å². The second-order valence-electron chi connectivity index (χ2n) is 2.41. The summed E-state index contributed by atoms with van der Waals surface area (Å²) in [5, 5.41) is 0. The standard InChI is InChI=1S/C9H10IN/c1-4-8-5-11(3)6-9(10)7(8)2/h4-6H,1-2H2,3H3. The van der Waals surface area contributed by atoms with E-state index >= 15 is 0 Å². The van der Waals surface area contributed by atoms with E-state index in [1.165, 1.54) is 3.58 Å². The summed E-state index contributed by atoms with van der Waals surface area (Å²) in [6, 6.07) is 0. The van der Waals surface area contributed by atoms with Gasteiger partial charge in [-0.15, -0.1) is 0 Å². The Bertz CT molecular complexity index is 261. The fourth-order valence-electron chi connectivity index (χ4n) is 0.905. The summed E-state index contributed by atoms with van der Waals surface area (Å²) in [7, 11) is 1.99. The van der Waals surface area contributed by atoms with Gasteiger partial charge in [0.15, 0.2) is 0 Å². The molecule has 0 bridgehead atoms. The fraction of sp³-hybridized carbons (Fsp3) is 0.111. The normalized spacial score (nSPS) is 17.6. The monoisotopic (exact) mass is 259 g/mol. The van der Waals surface area contributed by atoms with Gasteiger partial charge in [-0.3, -0.25) is 0 Å². The molecule has 0 unspecified atom stereocenters. The number of allylic oxidation sites excluding steroid dienone is 4. The number of hydrogen-bond acceptors (Lipinski definition) is 1. The van der Waals surface area contributed by atoms with E-state index in [1.807, 2.05) is 30.4 Å². The van der Waals surface area contributed by atoms with Gasteiger partial charge in [0.25, 0.3) is 0 Å². The van der Waals surface area contributed by atoms with Crippen LogP contribution in [0.4, 0.5) is 0 Å². The Balaban J connectivity index is 2.99. The van der Waals surface area contributed by atoms with E-state index in [2.05, 4.69) is 35.7 Å². The molecule has 0 amide bonds. The first-order chi connectivity index (χ1) is 5.15. The SMILES string of the molecule is C=CC1=CN(C)C=C(I)C1=C. The van der Waals surface area contributed by atoms with Crippen LogP contribution in [0.15, 0.2) is 46.4 Å². The quantitative estimate of drug-likeness (QED) is 0.654. The number of hydrogen-bond donors (Lipinski definition) is 0. The molecule has 0 saturated heterocycles. The summed E-state index contributed by atoms with van der Waals surface area (Å²) >= 11 is 2.27. The summed E-state index contributed by atoms with van der Waals surface area (Å²) in [6.45, 7) is 7.66. The minimum Gasteiger partial charge on any atom is -0.356 e. The first-order valence-electron chi connectivity index (χ1n) is 3.28. The maximum atomic E-state index is 3.94. The zero-order chi connectivity index (χ0) is 8.43. The van der Waals surface area contributed by atoms with Crippen molar-refractivity contribution in [3.8, 4) is 0 Å². The van der Waals surface area contributed by atoms with Gasteiger partial charge >= 0.3 is 0 Å². The Morgan fingerprint density at radius 3 is 2.73 bits per heavy atom. The molecule has 2 heteroatoms. The third-order valence-electron chi connectivity index (χ3n) is 1.52. The molecule has 11 heavy (non-hydrogen) atoms. The lowest BCUT2D eigenvalue weighted by molar-refractivity contribution is 0.615. The molecule has 0 radical (unpaired) electrons. The molecule has 0 atom stereocenters. The van der Waals surface area contributed by atoms with Gasteiger partial charge in [-0.1, -0.05) is 19.2 Å². The van der Waals surface area contributed by atoms with Crippen LogP contribution in [-0.4, -0.2) is 11.9 Å². The van der Waals surface area contributed by atoms with E-state index < -0.39 is 0 Å². The minimum absolute atomic E-state index is 1.05. The second kappa shape index (κ2) is 3.26. The zero-order valence-electron chi connectivity index (χ0n) is 6.47. The lowest BCUT2D eigenvalue weighted by Crippen LogP contribution is -2.08. The van der Waals surface area contributed by atoms with Gasteiger partial charge in [0, 0.05) is 23.0 Å². The molecule has 0 aromatic carbocycles. The number of rotatable bonds is 1. The highest BCUT2D eigenvalue weighted by molar-refractivity contribution is 14.1. The molecule has 0 aromatic rings. The highest BCUT2D eigenvalue weighted by Gasteiger charge is 2.08. The summed E-state index contributed by atoms with van der Waals surface area (Å²) in [6.07, 6.45) is 5.87. The molecule has 1 aliphatic rings. The topological polar surface area (TPSA) is 3.24 Å². The molecule has 0 aliphatic carbocycles. The summed E-state index contributed by atoms with van der Waals surface area (Å²) in [5.41, 5.74) is 2.15. The van der Waals surface area contributed by atoms with Crippen LogP contribution >= 0.6 is 22.6 Å². The zero-order valence-corrected chi connectivity index (χ0v) is 8.63. The van der Waals surface area contributed by atoms with Crippen LogP contribution in [0.5, 0.6) is 0 Å². The smallest absolute Gasteiger partial charge is 0.0365 e. The molecule has 0 aromatic heterocycles. The predicted molar refractivity (Wildman–Crippen MR) is 57.3 cm³/mol. The molecule has 1 nitrogen and oxygen atoms in total. The van der Waals surface area contributed by atoms with Gasteiger partial charge in [0.05, 0.1) is 0 Å². The highest BCUT2D eigenvalue weighted by atomic mass is 127. The van der Waals surface area contributed by atoms with Crippen molar-refractivity contribution in [2.24, 2.45) is 0 Å². The Hall–Kier alpha value is -0.510. The molecule has 1 heterocycles. The Morgan fingerprint density at radius 1 is 1.55 bits per heavy atom. The molecule has 0 spiro atoms. The maximum Gasteiger partial charge on any atom is 0.0365 e. The van der Waals surface area contributed by atoms with Gasteiger partial charge in [-0.25, -0.2) is 0 Å². The van der Waals surface area contributed by atoms with Gasteiger partial charge in [0.1, 0.15) is 0 Å². The maximum absolute atomic E-state index is 3.94. The van der Waals surface area contributed by atoms with Crippen LogP contribution in [0.3, 0.4) is 0 Å². The Labute approximate surface area is 80.9 Å². The Morgan fingerprint density at radius 2 is 2.18 bits per heavy atom. The van der Waals surface area contributed by atoms with Crippen molar-refractivity contribution < 1.29 is 0 Å². The van der Waals surface area contributed by atoms with Crippen molar-refractivity contribution in [2.75, 3.05) is 7.05 Å². The Kier molecular flexibility index (Phi) is 2.54. The minimum atomic E-state index is 1.05. The molecule has 0 saturated carbocycles. The van der Waals surface area contributed by atoms with Crippen LogP contribution in [0.1, 0.15) is 0 Å². The first kappa shape index (κ1) is 8.59. The third-order valence-corrected chi connectivity index (χ3v) is 2.45. The molecule has 58 valence electrons. The summed E-state index contributed by atoms with van der Waals surface area (Å²) < 4.78 is 1.17. The molecule has 1 rings (SSSR count). The summed E-state index contributed by atoms with van der Waals surface area (Å²) in [5.74, 6) is 0. The highest BCUT2D eigenvalue weighted by Crippen LogP contribution is 2.28. The van der Waals surface area contributed by atoms with Crippen molar-refractivity contribution in [3.05, 3.63) is 46.4 Å². The van der Waals surface area contributed by atoms with Crippen LogP contribution in [0, 0.1) is 0 Å². The molecule has 0 N–H and O–H groups in total. The average molecular weight is 259 g/mol. The largest absolute Gasteiger partial charge is 0.356 e. The molecular formula is C9H10IN. The molecule has 1 aliphatic heterocycles. The molecule has 0 fully saturated rings. The summed E-state index contributed by atoms with van der Waals surface area (Å²) in [4.78, 5) is 2.01. The van der Waals surface area contributed by atoms with E-state index in [1.54, 1.807) is 0 Å². The number of nitrogens with zero attached hydrogens (tertiary/aromatic N) is 1.